The molecule has 29 heavy (non-hydrogen) atoms. The maximum atomic E-state index is 13.0. The molecule has 1 aliphatic rings. The summed E-state index contributed by atoms with van der Waals surface area (Å²) in [6, 6.07) is 7.46. The highest BCUT2D eigenvalue weighted by molar-refractivity contribution is 9.10. The third-order valence-electron chi connectivity index (χ3n) is 4.92. The molecule has 1 saturated heterocycles. The Labute approximate surface area is 176 Å². The van der Waals surface area contributed by atoms with Crippen molar-refractivity contribution in [3.05, 3.63) is 58.1 Å². The second-order valence-electron chi connectivity index (χ2n) is 7.08. The maximum absolute atomic E-state index is 13.0. The predicted octanol–water partition coefficient (Wildman–Crippen LogP) is 2.17. The molecule has 0 aliphatic carbocycles. The lowest BCUT2D eigenvalue weighted by Crippen LogP contribution is -2.50. The molecule has 2 heterocycles. The summed E-state index contributed by atoms with van der Waals surface area (Å²) in [5.74, 6) is -1.61. The van der Waals surface area contributed by atoms with Gasteiger partial charge in [0.15, 0.2) is 0 Å². The van der Waals surface area contributed by atoms with Crippen molar-refractivity contribution in [2.24, 2.45) is 13.0 Å². The number of piperidine rings is 1. The van der Waals surface area contributed by atoms with Gasteiger partial charge in [0, 0.05) is 30.8 Å². The Bertz CT molecular complexity index is 913. The van der Waals surface area contributed by atoms with Crippen molar-refractivity contribution >= 4 is 33.7 Å². The van der Waals surface area contributed by atoms with Gasteiger partial charge in [-0.3, -0.25) is 25.2 Å². The molecule has 1 aromatic heterocycles. The van der Waals surface area contributed by atoms with Crippen LogP contribution in [0, 0.1) is 11.7 Å². The van der Waals surface area contributed by atoms with Crippen molar-refractivity contribution in [2.45, 2.75) is 19.3 Å². The number of carbonyl (C=O) groups is 3. The molecule has 1 atom stereocenters. The topological polar surface area (TPSA) is 83.4 Å². The molecule has 0 saturated carbocycles. The number of carbonyl (C=O) groups excluding carboxylic acids is 3. The van der Waals surface area contributed by atoms with Crippen molar-refractivity contribution in [1.82, 2.24) is 20.3 Å². The van der Waals surface area contributed by atoms with Gasteiger partial charge in [-0.2, -0.15) is 0 Å². The number of benzene rings is 1. The molecular formula is C20H22BrFN4O3. The van der Waals surface area contributed by atoms with Gasteiger partial charge in [-0.1, -0.05) is 12.1 Å². The number of halogens is 2. The highest BCUT2D eigenvalue weighted by atomic mass is 79.9. The van der Waals surface area contributed by atoms with E-state index in [0.717, 1.165) is 10.0 Å². The zero-order chi connectivity index (χ0) is 21.0. The number of hydrogen-bond donors (Lipinski definition) is 2. The molecule has 1 fully saturated rings. The summed E-state index contributed by atoms with van der Waals surface area (Å²) < 4.78 is 15.4. The largest absolute Gasteiger partial charge is 0.345 e. The van der Waals surface area contributed by atoms with E-state index in [1.54, 1.807) is 40.9 Å². The lowest BCUT2D eigenvalue weighted by molar-refractivity contribution is -0.135. The van der Waals surface area contributed by atoms with E-state index in [4.69, 9.17) is 0 Å². The molecule has 2 aromatic rings. The second-order valence-corrected chi connectivity index (χ2v) is 8.00. The molecule has 9 heteroatoms. The first-order valence-corrected chi connectivity index (χ1v) is 10.1. The average Bonchev–Trinajstić information content (AvgIpc) is 3.05. The molecule has 3 amide bonds. The van der Waals surface area contributed by atoms with Gasteiger partial charge in [0.25, 0.3) is 5.91 Å². The molecule has 0 radical (unpaired) electrons. The molecule has 7 nitrogen and oxygen atoms in total. The number of amides is 3. The molecule has 3 rings (SSSR count). The molecule has 0 bridgehead atoms. The van der Waals surface area contributed by atoms with Gasteiger partial charge in [-0.05, 0) is 52.5 Å². The minimum absolute atomic E-state index is 0.105. The highest BCUT2D eigenvalue weighted by Gasteiger charge is 2.28. The molecule has 0 spiro atoms. The summed E-state index contributed by atoms with van der Waals surface area (Å²) in [4.78, 5) is 38.9. The number of aromatic nitrogens is 1. The van der Waals surface area contributed by atoms with Crippen LogP contribution in [0.1, 0.15) is 28.9 Å². The van der Waals surface area contributed by atoms with E-state index >= 15 is 0 Å². The quantitative estimate of drug-likeness (QED) is 0.680. The van der Waals surface area contributed by atoms with Crippen molar-refractivity contribution < 1.29 is 18.8 Å². The summed E-state index contributed by atoms with van der Waals surface area (Å²) in [5, 5.41) is 0. The van der Waals surface area contributed by atoms with Crippen LogP contribution in [0.4, 0.5) is 4.39 Å². The first-order chi connectivity index (χ1) is 13.8. The Morgan fingerprint density at radius 3 is 2.59 bits per heavy atom. The fraction of sp³-hybridized carbons (Fsp3) is 0.350. The maximum Gasteiger partial charge on any atom is 0.286 e. The molecule has 2 N–H and O–H groups in total. The molecule has 1 unspecified atom stereocenters. The van der Waals surface area contributed by atoms with Gasteiger partial charge < -0.3 is 9.47 Å². The molecular weight excluding hydrogens is 443 g/mol. The van der Waals surface area contributed by atoms with E-state index in [1.807, 2.05) is 0 Å². The van der Waals surface area contributed by atoms with E-state index in [1.165, 1.54) is 12.1 Å². The van der Waals surface area contributed by atoms with Gasteiger partial charge in [-0.25, -0.2) is 4.39 Å². The summed E-state index contributed by atoms with van der Waals surface area (Å²) in [7, 11) is 1.73. The van der Waals surface area contributed by atoms with Crippen LogP contribution >= 0.6 is 15.9 Å². The number of likely N-dealkylation sites (tertiary alicyclic amines) is 1. The van der Waals surface area contributed by atoms with Crippen LogP contribution in [0.15, 0.2) is 41.0 Å². The predicted molar refractivity (Wildman–Crippen MR) is 108 cm³/mol. The Balaban J connectivity index is 1.52. The SMILES string of the molecule is Cn1cc(Br)cc1C(=O)NNC(=O)C1CCCN(C(=O)Cc2ccc(F)cc2)C1. The third-order valence-corrected chi connectivity index (χ3v) is 5.35. The van der Waals surface area contributed by atoms with Gasteiger partial charge in [0.2, 0.25) is 11.8 Å². The van der Waals surface area contributed by atoms with E-state index < -0.39 is 11.8 Å². The van der Waals surface area contributed by atoms with Crippen LogP contribution < -0.4 is 10.9 Å². The minimum Gasteiger partial charge on any atom is -0.345 e. The highest BCUT2D eigenvalue weighted by Crippen LogP contribution is 2.18. The van der Waals surface area contributed by atoms with Gasteiger partial charge >= 0.3 is 0 Å². The normalized spacial score (nSPS) is 16.4. The van der Waals surface area contributed by atoms with Crippen molar-refractivity contribution in [3.8, 4) is 0 Å². The number of hydrogen-bond acceptors (Lipinski definition) is 3. The van der Waals surface area contributed by atoms with E-state index in [-0.39, 0.29) is 30.6 Å². The summed E-state index contributed by atoms with van der Waals surface area (Å²) in [5.41, 5.74) is 6.00. The number of aryl methyl sites for hydroxylation is 1. The van der Waals surface area contributed by atoms with Crippen LogP contribution in [0.5, 0.6) is 0 Å². The summed E-state index contributed by atoms with van der Waals surface area (Å²) in [6.07, 6.45) is 3.24. The number of hydrazine groups is 1. The summed E-state index contributed by atoms with van der Waals surface area (Å²) in [6.45, 7) is 0.866. The standard InChI is InChI=1S/C20H22BrFN4O3/c1-25-12-15(21)10-17(25)20(29)24-23-19(28)14-3-2-8-26(11-14)18(27)9-13-4-6-16(22)7-5-13/h4-7,10,12,14H,2-3,8-9,11H2,1H3,(H,23,28)(H,24,29). The Morgan fingerprint density at radius 2 is 1.93 bits per heavy atom. The fourth-order valence-corrected chi connectivity index (χ4v) is 3.86. The van der Waals surface area contributed by atoms with E-state index in [0.29, 0.717) is 25.1 Å². The lowest BCUT2D eigenvalue weighted by atomic mass is 9.97. The first-order valence-electron chi connectivity index (χ1n) is 9.28. The Morgan fingerprint density at radius 1 is 1.21 bits per heavy atom. The Kier molecular flexibility index (Phi) is 6.68. The Hall–Kier alpha value is -2.68. The van der Waals surface area contributed by atoms with Crippen molar-refractivity contribution in [2.75, 3.05) is 13.1 Å². The average molecular weight is 465 g/mol. The van der Waals surface area contributed by atoms with Crippen molar-refractivity contribution in [3.63, 3.8) is 0 Å². The first kappa shape index (κ1) is 21.0. The summed E-state index contributed by atoms with van der Waals surface area (Å²) >= 11 is 3.30. The molecule has 1 aliphatic heterocycles. The van der Waals surface area contributed by atoms with E-state index in [9.17, 15) is 18.8 Å². The van der Waals surface area contributed by atoms with Gasteiger partial charge in [0.05, 0.1) is 12.3 Å². The fourth-order valence-electron chi connectivity index (χ4n) is 3.34. The molecule has 1 aromatic carbocycles. The monoisotopic (exact) mass is 464 g/mol. The van der Waals surface area contributed by atoms with Crippen molar-refractivity contribution in [1.29, 1.82) is 0 Å². The minimum atomic E-state index is -0.424. The van der Waals surface area contributed by atoms with E-state index in [2.05, 4.69) is 26.8 Å². The van der Waals surface area contributed by atoms with Crippen LogP contribution in [0.25, 0.3) is 0 Å². The zero-order valence-corrected chi connectivity index (χ0v) is 17.5. The van der Waals surface area contributed by atoms with Crippen LogP contribution in [0.2, 0.25) is 0 Å². The van der Waals surface area contributed by atoms with Crippen LogP contribution in [0.3, 0.4) is 0 Å². The second kappa shape index (κ2) is 9.21. The zero-order valence-electron chi connectivity index (χ0n) is 16.0. The third kappa shape index (κ3) is 5.44. The van der Waals surface area contributed by atoms with Crippen LogP contribution in [-0.4, -0.2) is 40.3 Å². The van der Waals surface area contributed by atoms with Gasteiger partial charge in [-0.15, -0.1) is 0 Å². The molecule has 154 valence electrons. The van der Waals surface area contributed by atoms with Crippen LogP contribution in [-0.2, 0) is 23.1 Å². The smallest absolute Gasteiger partial charge is 0.286 e. The number of rotatable bonds is 4. The lowest BCUT2D eigenvalue weighted by Gasteiger charge is -2.32. The number of nitrogens with zero attached hydrogens (tertiary/aromatic N) is 2. The van der Waals surface area contributed by atoms with Gasteiger partial charge in [0.1, 0.15) is 11.5 Å². The number of nitrogens with one attached hydrogen (secondary N) is 2.